The standard InChI is InChI=1S/C14H19FN2O2/c1-10-8-17(6-5-16-10)14(18)11-3-4-13(15)12(7-11)9-19-2/h3-4,7,10,16H,5-6,8-9H2,1-2H3/t10-/m0/s1. The maximum Gasteiger partial charge on any atom is 0.253 e. The van der Waals surface area contributed by atoms with E-state index in [1.54, 1.807) is 11.0 Å². The Labute approximate surface area is 112 Å². The first-order valence-corrected chi connectivity index (χ1v) is 6.42. The number of ether oxygens (including phenoxy) is 1. The van der Waals surface area contributed by atoms with Gasteiger partial charge in [-0.3, -0.25) is 4.79 Å². The number of hydrogen-bond acceptors (Lipinski definition) is 3. The zero-order valence-electron chi connectivity index (χ0n) is 11.3. The van der Waals surface area contributed by atoms with Gasteiger partial charge in [0, 0.05) is 43.9 Å². The summed E-state index contributed by atoms with van der Waals surface area (Å²) in [5.74, 6) is -0.391. The number of rotatable bonds is 3. The molecule has 5 heteroatoms. The Kier molecular flexibility index (Phi) is 4.50. The maximum absolute atomic E-state index is 13.5. The molecule has 104 valence electrons. The largest absolute Gasteiger partial charge is 0.380 e. The fraction of sp³-hybridized carbons (Fsp3) is 0.500. The van der Waals surface area contributed by atoms with Crippen LogP contribution in [0.1, 0.15) is 22.8 Å². The predicted octanol–water partition coefficient (Wildman–Crippen LogP) is 1.41. The van der Waals surface area contributed by atoms with E-state index < -0.39 is 0 Å². The molecule has 1 aliphatic heterocycles. The molecule has 1 heterocycles. The third-order valence-electron chi connectivity index (χ3n) is 3.25. The minimum atomic E-state index is -0.341. The zero-order chi connectivity index (χ0) is 13.8. The summed E-state index contributed by atoms with van der Waals surface area (Å²) in [5, 5.41) is 3.29. The van der Waals surface area contributed by atoms with E-state index >= 15 is 0 Å². The Balaban J connectivity index is 2.16. The summed E-state index contributed by atoms with van der Waals surface area (Å²) < 4.78 is 18.4. The topological polar surface area (TPSA) is 41.6 Å². The summed E-state index contributed by atoms with van der Waals surface area (Å²) in [5.41, 5.74) is 0.930. The van der Waals surface area contributed by atoms with E-state index in [1.165, 1.54) is 19.2 Å². The van der Waals surface area contributed by atoms with Crippen LogP contribution in [0.25, 0.3) is 0 Å². The number of carbonyl (C=O) groups excluding carboxylic acids is 1. The first-order chi connectivity index (χ1) is 9.11. The molecule has 0 bridgehead atoms. The van der Waals surface area contributed by atoms with Crippen LogP contribution in [0.2, 0.25) is 0 Å². The monoisotopic (exact) mass is 266 g/mol. The van der Waals surface area contributed by atoms with Gasteiger partial charge in [-0.15, -0.1) is 0 Å². The van der Waals surface area contributed by atoms with Gasteiger partial charge in [0.15, 0.2) is 0 Å². The van der Waals surface area contributed by atoms with Crippen molar-refractivity contribution in [2.45, 2.75) is 19.6 Å². The van der Waals surface area contributed by atoms with Crippen molar-refractivity contribution in [1.82, 2.24) is 10.2 Å². The van der Waals surface area contributed by atoms with Gasteiger partial charge < -0.3 is 15.0 Å². The van der Waals surface area contributed by atoms with E-state index in [0.717, 1.165) is 6.54 Å². The average Bonchev–Trinajstić information content (AvgIpc) is 2.41. The lowest BCUT2D eigenvalue weighted by Gasteiger charge is -2.32. The Morgan fingerprint density at radius 3 is 3.05 bits per heavy atom. The quantitative estimate of drug-likeness (QED) is 0.899. The number of amides is 1. The second-order valence-corrected chi connectivity index (χ2v) is 4.85. The molecule has 1 aromatic rings. The second kappa shape index (κ2) is 6.12. The summed E-state index contributed by atoms with van der Waals surface area (Å²) in [6.45, 7) is 4.36. The minimum Gasteiger partial charge on any atom is -0.380 e. The summed E-state index contributed by atoms with van der Waals surface area (Å²) in [4.78, 5) is 14.1. The molecule has 4 nitrogen and oxygen atoms in total. The third-order valence-corrected chi connectivity index (χ3v) is 3.25. The van der Waals surface area contributed by atoms with Gasteiger partial charge in [0.2, 0.25) is 0 Å². The van der Waals surface area contributed by atoms with Gasteiger partial charge in [-0.1, -0.05) is 0 Å². The van der Waals surface area contributed by atoms with Gasteiger partial charge in [-0.25, -0.2) is 4.39 Å². The van der Waals surface area contributed by atoms with Crippen molar-refractivity contribution in [2.75, 3.05) is 26.7 Å². The molecular weight excluding hydrogens is 247 g/mol. The molecule has 1 atom stereocenters. The lowest BCUT2D eigenvalue weighted by atomic mass is 10.1. The number of hydrogen-bond donors (Lipinski definition) is 1. The van der Waals surface area contributed by atoms with Gasteiger partial charge in [0.05, 0.1) is 6.61 Å². The molecule has 1 fully saturated rings. The normalized spacial score (nSPS) is 19.5. The molecule has 1 N–H and O–H groups in total. The SMILES string of the molecule is COCc1cc(C(=O)N2CCN[C@@H](C)C2)ccc1F. The molecule has 1 aromatic carbocycles. The van der Waals surface area contributed by atoms with Crippen LogP contribution in [0, 0.1) is 5.82 Å². The van der Waals surface area contributed by atoms with E-state index in [4.69, 9.17) is 4.74 Å². The molecule has 19 heavy (non-hydrogen) atoms. The van der Waals surface area contributed by atoms with Crippen LogP contribution in [0.15, 0.2) is 18.2 Å². The van der Waals surface area contributed by atoms with Crippen LogP contribution in [-0.2, 0) is 11.3 Å². The molecule has 0 radical (unpaired) electrons. The summed E-state index contributed by atoms with van der Waals surface area (Å²) >= 11 is 0. The van der Waals surface area contributed by atoms with E-state index in [9.17, 15) is 9.18 Å². The number of carbonyl (C=O) groups is 1. The van der Waals surface area contributed by atoms with Crippen molar-refractivity contribution in [3.63, 3.8) is 0 Å². The molecule has 0 aliphatic carbocycles. The van der Waals surface area contributed by atoms with Crippen LogP contribution in [0.3, 0.4) is 0 Å². The Morgan fingerprint density at radius 1 is 1.58 bits per heavy atom. The molecule has 0 aromatic heterocycles. The second-order valence-electron chi connectivity index (χ2n) is 4.85. The van der Waals surface area contributed by atoms with E-state index in [1.807, 2.05) is 6.92 Å². The summed E-state index contributed by atoms with van der Waals surface area (Å²) in [6, 6.07) is 4.72. The molecule has 1 amide bonds. The maximum atomic E-state index is 13.5. The Bertz CT molecular complexity index is 465. The molecule has 1 aliphatic rings. The summed E-state index contributed by atoms with van der Waals surface area (Å²) in [7, 11) is 1.51. The van der Waals surface area contributed by atoms with Crippen molar-refractivity contribution >= 4 is 5.91 Å². The van der Waals surface area contributed by atoms with Crippen molar-refractivity contribution in [3.05, 3.63) is 35.1 Å². The lowest BCUT2D eigenvalue weighted by molar-refractivity contribution is 0.0708. The first-order valence-electron chi connectivity index (χ1n) is 6.42. The smallest absolute Gasteiger partial charge is 0.253 e. The van der Waals surface area contributed by atoms with E-state index in [-0.39, 0.29) is 24.4 Å². The molecule has 2 rings (SSSR count). The highest BCUT2D eigenvalue weighted by Gasteiger charge is 2.22. The molecule has 0 spiro atoms. The van der Waals surface area contributed by atoms with Crippen LogP contribution < -0.4 is 5.32 Å². The van der Waals surface area contributed by atoms with Crippen molar-refractivity contribution in [3.8, 4) is 0 Å². The highest BCUT2D eigenvalue weighted by atomic mass is 19.1. The average molecular weight is 266 g/mol. The fourth-order valence-corrected chi connectivity index (χ4v) is 2.27. The van der Waals surface area contributed by atoms with Crippen LogP contribution in [0.5, 0.6) is 0 Å². The Hall–Kier alpha value is -1.46. The van der Waals surface area contributed by atoms with Crippen molar-refractivity contribution < 1.29 is 13.9 Å². The van der Waals surface area contributed by atoms with Gasteiger partial charge in [0.25, 0.3) is 5.91 Å². The van der Waals surface area contributed by atoms with Gasteiger partial charge in [-0.05, 0) is 25.1 Å². The first kappa shape index (κ1) is 14.0. The minimum absolute atomic E-state index is 0.0503. The van der Waals surface area contributed by atoms with Crippen molar-refractivity contribution in [1.29, 1.82) is 0 Å². The van der Waals surface area contributed by atoms with E-state index in [0.29, 0.717) is 24.2 Å². The number of halogens is 1. The van der Waals surface area contributed by atoms with Crippen LogP contribution in [-0.4, -0.2) is 43.6 Å². The molecule has 0 saturated carbocycles. The number of nitrogens with one attached hydrogen (secondary N) is 1. The number of benzene rings is 1. The van der Waals surface area contributed by atoms with Crippen LogP contribution >= 0.6 is 0 Å². The Morgan fingerprint density at radius 2 is 2.37 bits per heavy atom. The van der Waals surface area contributed by atoms with Gasteiger partial charge in [0.1, 0.15) is 5.82 Å². The lowest BCUT2D eigenvalue weighted by Crippen LogP contribution is -2.51. The molecule has 0 unspecified atom stereocenters. The van der Waals surface area contributed by atoms with E-state index in [2.05, 4.69) is 5.32 Å². The van der Waals surface area contributed by atoms with Crippen LogP contribution in [0.4, 0.5) is 4.39 Å². The highest BCUT2D eigenvalue weighted by Crippen LogP contribution is 2.14. The predicted molar refractivity (Wildman–Crippen MR) is 70.5 cm³/mol. The zero-order valence-corrected chi connectivity index (χ0v) is 11.3. The number of methoxy groups -OCH3 is 1. The number of piperazine rings is 1. The molecule has 1 saturated heterocycles. The van der Waals surface area contributed by atoms with Gasteiger partial charge in [-0.2, -0.15) is 0 Å². The van der Waals surface area contributed by atoms with Crippen molar-refractivity contribution in [2.24, 2.45) is 0 Å². The number of nitrogens with zero attached hydrogens (tertiary/aromatic N) is 1. The van der Waals surface area contributed by atoms with Gasteiger partial charge >= 0.3 is 0 Å². The molecular formula is C14H19FN2O2. The fourth-order valence-electron chi connectivity index (χ4n) is 2.27. The highest BCUT2D eigenvalue weighted by molar-refractivity contribution is 5.94. The summed E-state index contributed by atoms with van der Waals surface area (Å²) in [6.07, 6.45) is 0. The third kappa shape index (κ3) is 3.30.